The van der Waals surface area contributed by atoms with Gasteiger partial charge in [0, 0.05) is 12.4 Å². The first kappa shape index (κ1) is 13.1. The minimum absolute atomic E-state index is 0.131. The van der Waals surface area contributed by atoms with Crippen LogP contribution in [0.1, 0.15) is 5.56 Å². The lowest BCUT2D eigenvalue weighted by Crippen LogP contribution is -2.17. The molecule has 1 N–H and O–H groups in total. The first-order chi connectivity index (χ1) is 8.54. The molecule has 0 fully saturated rings. The molecule has 7 heteroatoms. The molecular formula is C11H12BrN3O2S. The number of hydrogen-bond acceptors (Lipinski definition) is 3. The van der Waals surface area contributed by atoms with Crippen molar-refractivity contribution in [3.05, 3.63) is 42.1 Å². The Kier molecular flexibility index (Phi) is 3.72. The summed E-state index contributed by atoms with van der Waals surface area (Å²) in [4.78, 5) is 0. The number of halogens is 1. The van der Waals surface area contributed by atoms with Crippen molar-refractivity contribution in [3.8, 4) is 0 Å². The summed E-state index contributed by atoms with van der Waals surface area (Å²) in [6, 6.07) is 8.69. The molecule has 1 aromatic carbocycles. The SMILES string of the molecule is Cn1nccc1S(=O)(=O)Nc1ccccc1CBr. The van der Waals surface area contributed by atoms with E-state index in [-0.39, 0.29) is 5.03 Å². The molecule has 0 spiro atoms. The van der Waals surface area contributed by atoms with Crippen molar-refractivity contribution in [1.29, 1.82) is 0 Å². The van der Waals surface area contributed by atoms with Crippen LogP contribution in [0.2, 0.25) is 0 Å². The van der Waals surface area contributed by atoms with Gasteiger partial charge in [0.2, 0.25) is 0 Å². The lowest BCUT2D eigenvalue weighted by molar-refractivity contribution is 0.582. The summed E-state index contributed by atoms with van der Waals surface area (Å²) in [6.07, 6.45) is 1.45. The molecule has 0 aliphatic carbocycles. The number of hydrogen-bond donors (Lipinski definition) is 1. The molecule has 0 unspecified atom stereocenters. The van der Waals surface area contributed by atoms with Crippen LogP contribution in [0.5, 0.6) is 0 Å². The van der Waals surface area contributed by atoms with E-state index >= 15 is 0 Å². The van der Waals surface area contributed by atoms with Gasteiger partial charge < -0.3 is 0 Å². The van der Waals surface area contributed by atoms with E-state index in [1.807, 2.05) is 12.1 Å². The highest BCUT2D eigenvalue weighted by Crippen LogP contribution is 2.21. The number of aromatic nitrogens is 2. The lowest BCUT2D eigenvalue weighted by atomic mass is 10.2. The molecule has 0 aliphatic rings. The van der Waals surface area contributed by atoms with Crippen molar-refractivity contribution in [2.45, 2.75) is 10.4 Å². The summed E-state index contributed by atoms with van der Waals surface area (Å²) < 4.78 is 28.2. The van der Waals surface area contributed by atoms with Crippen LogP contribution in [0.4, 0.5) is 5.69 Å². The van der Waals surface area contributed by atoms with Crippen LogP contribution in [-0.2, 0) is 22.4 Å². The Labute approximate surface area is 114 Å². The molecule has 18 heavy (non-hydrogen) atoms. The van der Waals surface area contributed by atoms with Gasteiger partial charge >= 0.3 is 0 Å². The Morgan fingerprint density at radius 3 is 2.67 bits per heavy atom. The maximum atomic E-state index is 12.2. The number of nitrogens with zero attached hydrogens (tertiary/aromatic N) is 2. The third-order valence-electron chi connectivity index (χ3n) is 2.46. The Morgan fingerprint density at radius 2 is 2.06 bits per heavy atom. The molecule has 0 bridgehead atoms. The highest BCUT2D eigenvalue weighted by atomic mass is 79.9. The third kappa shape index (κ3) is 2.56. The maximum Gasteiger partial charge on any atom is 0.279 e. The van der Waals surface area contributed by atoms with Gasteiger partial charge in [0.1, 0.15) is 0 Å². The third-order valence-corrected chi connectivity index (χ3v) is 4.50. The largest absolute Gasteiger partial charge is 0.279 e. The predicted octanol–water partition coefficient (Wildman–Crippen LogP) is 2.12. The summed E-state index contributed by atoms with van der Waals surface area (Å²) >= 11 is 3.33. The van der Waals surface area contributed by atoms with Gasteiger partial charge in [-0.3, -0.25) is 9.40 Å². The van der Waals surface area contributed by atoms with Crippen molar-refractivity contribution in [2.75, 3.05) is 4.72 Å². The molecule has 0 atom stereocenters. The van der Waals surface area contributed by atoms with Crippen molar-refractivity contribution in [1.82, 2.24) is 9.78 Å². The second-order valence-electron chi connectivity index (χ2n) is 3.69. The second-order valence-corrected chi connectivity index (χ2v) is 5.88. The number of aryl methyl sites for hydroxylation is 1. The van der Waals surface area contributed by atoms with E-state index in [9.17, 15) is 8.42 Å². The molecule has 0 saturated heterocycles. The van der Waals surface area contributed by atoms with Gasteiger partial charge in [0.25, 0.3) is 10.0 Å². The fourth-order valence-corrected chi connectivity index (χ4v) is 3.28. The quantitative estimate of drug-likeness (QED) is 0.874. The van der Waals surface area contributed by atoms with E-state index in [0.717, 1.165) is 5.56 Å². The highest BCUT2D eigenvalue weighted by molar-refractivity contribution is 9.08. The molecule has 1 aromatic heterocycles. The highest BCUT2D eigenvalue weighted by Gasteiger charge is 2.18. The van der Waals surface area contributed by atoms with Gasteiger partial charge in [-0.25, -0.2) is 0 Å². The predicted molar refractivity (Wildman–Crippen MR) is 73.1 cm³/mol. The van der Waals surface area contributed by atoms with E-state index in [1.165, 1.54) is 16.9 Å². The van der Waals surface area contributed by atoms with E-state index in [2.05, 4.69) is 25.8 Å². The number of anilines is 1. The molecule has 2 rings (SSSR count). The molecule has 96 valence electrons. The summed E-state index contributed by atoms with van der Waals surface area (Å²) in [6.45, 7) is 0. The fourth-order valence-electron chi connectivity index (χ4n) is 1.56. The maximum absolute atomic E-state index is 12.2. The molecule has 0 aliphatic heterocycles. The van der Waals surface area contributed by atoms with Gasteiger partial charge in [-0.15, -0.1) is 0 Å². The van der Waals surface area contributed by atoms with Crippen LogP contribution in [0.15, 0.2) is 41.6 Å². The minimum atomic E-state index is -3.60. The molecule has 0 saturated carbocycles. The van der Waals surface area contributed by atoms with E-state index < -0.39 is 10.0 Å². The number of rotatable bonds is 4. The number of sulfonamides is 1. The van der Waals surface area contributed by atoms with Crippen LogP contribution in [0.3, 0.4) is 0 Å². The standard InChI is InChI=1S/C11H12BrN3O2S/c1-15-11(6-7-13-15)18(16,17)14-10-5-3-2-4-9(10)8-12/h2-7,14H,8H2,1H3. The Hall–Kier alpha value is -1.34. The van der Waals surface area contributed by atoms with Crippen molar-refractivity contribution in [3.63, 3.8) is 0 Å². The van der Waals surface area contributed by atoms with Crippen LogP contribution in [0.25, 0.3) is 0 Å². The monoisotopic (exact) mass is 329 g/mol. The fraction of sp³-hybridized carbons (Fsp3) is 0.182. The first-order valence-electron chi connectivity index (χ1n) is 5.19. The zero-order chi connectivity index (χ0) is 13.2. The van der Waals surface area contributed by atoms with E-state index in [1.54, 1.807) is 19.2 Å². The van der Waals surface area contributed by atoms with Crippen molar-refractivity contribution >= 4 is 31.6 Å². The van der Waals surface area contributed by atoms with E-state index in [4.69, 9.17) is 0 Å². The van der Waals surface area contributed by atoms with Crippen LogP contribution in [-0.4, -0.2) is 18.2 Å². The van der Waals surface area contributed by atoms with Gasteiger partial charge in [0.05, 0.1) is 11.9 Å². The number of nitrogens with one attached hydrogen (secondary N) is 1. The summed E-state index contributed by atoms with van der Waals surface area (Å²) in [5.74, 6) is 0. The summed E-state index contributed by atoms with van der Waals surface area (Å²) in [5.41, 5.74) is 1.44. The normalized spacial score (nSPS) is 11.4. The van der Waals surface area contributed by atoms with Crippen LogP contribution in [0, 0.1) is 0 Å². The van der Waals surface area contributed by atoms with E-state index in [0.29, 0.717) is 11.0 Å². The molecular weight excluding hydrogens is 318 g/mol. The Bertz CT molecular complexity index is 652. The van der Waals surface area contributed by atoms with Crippen LogP contribution >= 0.6 is 15.9 Å². The summed E-state index contributed by atoms with van der Waals surface area (Å²) in [7, 11) is -2.02. The van der Waals surface area contributed by atoms with Crippen molar-refractivity contribution in [2.24, 2.45) is 7.05 Å². The van der Waals surface area contributed by atoms with Crippen molar-refractivity contribution < 1.29 is 8.42 Å². The molecule has 0 amide bonds. The average molecular weight is 330 g/mol. The molecule has 0 radical (unpaired) electrons. The molecule has 2 aromatic rings. The van der Waals surface area contributed by atoms with Gasteiger partial charge in [-0.2, -0.15) is 13.5 Å². The summed E-state index contributed by atoms with van der Waals surface area (Å²) in [5, 5.41) is 4.57. The van der Waals surface area contributed by atoms with Gasteiger partial charge in [0.15, 0.2) is 5.03 Å². The molecule has 1 heterocycles. The van der Waals surface area contributed by atoms with Crippen LogP contribution < -0.4 is 4.72 Å². The Balaban J connectivity index is 2.37. The second kappa shape index (κ2) is 5.11. The number of benzene rings is 1. The smallest absolute Gasteiger partial charge is 0.278 e. The minimum Gasteiger partial charge on any atom is -0.278 e. The molecule has 5 nitrogen and oxygen atoms in total. The topological polar surface area (TPSA) is 64.0 Å². The number of para-hydroxylation sites is 1. The number of alkyl halides is 1. The zero-order valence-corrected chi connectivity index (χ0v) is 12.1. The van der Waals surface area contributed by atoms with Gasteiger partial charge in [-0.1, -0.05) is 34.1 Å². The van der Waals surface area contributed by atoms with Gasteiger partial charge in [-0.05, 0) is 17.7 Å². The average Bonchev–Trinajstić information content (AvgIpc) is 2.76. The lowest BCUT2D eigenvalue weighted by Gasteiger charge is -2.11. The first-order valence-corrected chi connectivity index (χ1v) is 7.80. The zero-order valence-electron chi connectivity index (χ0n) is 9.67. The Morgan fingerprint density at radius 1 is 1.33 bits per heavy atom.